The van der Waals surface area contributed by atoms with E-state index in [2.05, 4.69) is 5.32 Å². The van der Waals surface area contributed by atoms with Crippen molar-refractivity contribution >= 4 is 17.9 Å². The van der Waals surface area contributed by atoms with Gasteiger partial charge in [-0.05, 0) is 31.2 Å². The molecule has 1 aliphatic heterocycles. The summed E-state index contributed by atoms with van der Waals surface area (Å²) in [6.07, 6.45) is 1.64. The van der Waals surface area contributed by atoms with Gasteiger partial charge in [0, 0.05) is 13.0 Å². The number of hydrogen-bond donors (Lipinski definition) is 2. The maximum absolute atomic E-state index is 12.5. The summed E-state index contributed by atoms with van der Waals surface area (Å²) < 4.78 is 5.30. The van der Waals surface area contributed by atoms with Crippen molar-refractivity contribution in [2.45, 2.75) is 50.8 Å². The van der Waals surface area contributed by atoms with Crippen molar-refractivity contribution in [1.82, 2.24) is 10.2 Å². The third-order valence-electron chi connectivity index (χ3n) is 4.44. The lowest BCUT2D eigenvalue weighted by molar-refractivity contribution is -0.130. The molecule has 1 heterocycles. The van der Waals surface area contributed by atoms with Crippen molar-refractivity contribution in [2.24, 2.45) is 5.73 Å². The average Bonchev–Trinajstić information content (AvgIpc) is 3.16. The number of primary amides is 1. The van der Waals surface area contributed by atoms with Crippen LogP contribution in [-0.4, -0.2) is 41.4 Å². The molecule has 3 amide bonds. The van der Waals surface area contributed by atoms with Gasteiger partial charge in [0.15, 0.2) is 0 Å². The highest BCUT2D eigenvalue weighted by molar-refractivity contribution is 5.91. The first-order chi connectivity index (χ1) is 13.0. The Hall–Kier alpha value is -3.08. The lowest BCUT2D eigenvalue weighted by atomic mass is 10.1. The number of nitriles is 1. The minimum absolute atomic E-state index is 0.128. The Kier molecular flexibility index (Phi) is 7.62. The zero-order valence-corrected chi connectivity index (χ0v) is 15.1. The van der Waals surface area contributed by atoms with Crippen molar-refractivity contribution in [3.8, 4) is 6.07 Å². The van der Waals surface area contributed by atoms with Crippen LogP contribution in [0.2, 0.25) is 0 Å². The van der Waals surface area contributed by atoms with Gasteiger partial charge in [-0.15, -0.1) is 0 Å². The molecular formula is C19H24N4O4. The van der Waals surface area contributed by atoms with E-state index in [1.165, 1.54) is 4.90 Å². The molecule has 1 aliphatic rings. The Morgan fingerprint density at radius 1 is 1.33 bits per heavy atom. The first-order valence-corrected chi connectivity index (χ1v) is 8.97. The van der Waals surface area contributed by atoms with Crippen LogP contribution in [-0.2, 0) is 20.9 Å². The number of ether oxygens (including phenoxy) is 1. The van der Waals surface area contributed by atoms with E-state index in [4.69, 9.17) is 15.7 Å². The summed E-state index contributed by atoms with van der Waals surface area (Å²) in [6, 6.07) is 9.72. The Balaban J connectivity index is 1.91. The summed E-state index contributed by atoms with van der Waals surface area (Å²) in [5.41, 5.74) is 6.19. The Labute approximate surface area is 158 Å². The third-order valence-corrected chi connectivity index (χ3v) is 4.44. The second-order valence-electron chi connectivity index (χ2n) is 6.41. The molecule has 0 unspecified atom stereocenters. The number of carbonyl (C=O) groups is 3. The van der Waals surface area contributed by atoms with Crippen LogP contribution < -0.4 is 11.1 Å². The second-order valence-corrected chi connectivity index (χ2v) is 6.41. The first kappa shape index (κ1) is 20.2. The summed E-state index contributed by atoms with van der Waals surface area (Å²) in [7, 11) is 0. The maximum atomic E-state index is 12.5. The van der Waals surface area contributed by atoms with Gasteiger partial charge in [-0.25, -0.2) is 4.79 Å². The van der Waals surface area contributed by atoms with Gasteiger partial charge in [0.05, 0.1) is 6.07 Å². The number of nitrogens with two attached hydrogens (primary N) is 1. The largest absolute Gasteiger partial charge is 0.445 e. The number of rotatable bonds is 8. The van der Waals surface area contributed by atoms with E-state index < -0.39 is 30.0 Å². The summed E-state index contributed by atoms with van der Waals surface area (Å²) in [5.74, 6) is -1.08. The summed E-state index contributed by atoms with van der Waals surface area (Å²) in [6.45, 7) is 0.546. The van der Waals surface area contributed by atoms with Gasteiger partial charge in [0.2, 0.25) is 11.8 Å². The van der Waals surface area contributed by atoms with E-state index in [0.717, 1.165) is 5.56 Å². The van der Waals surface area contributed by atoms with Crippen LogP contribution in [0.3, 0.4) is 0 Å². The Morgan fingerprint density at radius 3 is 2.74 bits per heavy atom. The number of hydrogen-bond acceptors (Lipinski definition) is 5. The van der Waals surface area contributed by atoms with Gasteiger partial charge in [-0.1, -0.05) is 30.3 Å². The highest BCUT2D eigenvalue weighted by Crippen LogP contribution is 2.19. The molecule has 0 aromatic heterocycles. The monoisotopic (exact) mass is 372 g/mol. The van der Waals surface area contributed by atoms with Gasteiger partial charge in [-0.3, -0.25) is 14.5 Å². The topological polar surface area (TPSA) is 126 Å². The van der Waals surface area contributed by atoms with Crippen molar-refractivity contribution in [3.63, 3.8) is 0 Å². The fourth-order valence-corrected chi connectivity index (χ4v) is 3.00. The number of likely N-dealkylation sites (tertiary alicyclic amines) is 1. The lowest BCUT2D eigenvalue weighted by Gasteiger charge is -2.25. The lowest BCUT2D eigenvalue weighted by Crippen LogP contribution is -2.52. The van der Waals surface area contributed by atoms with Gasteiger partial charge >= 0.3 is 6.09 Å². The SMILES string of the molecule is N#CCCC[C@@H](NC(=O)[C@H]1CCCN1C(=O)OCc1ccccc1)C(N)=O. The zero-order chi connectivity index (χ0) is 19.6. The minimum atomic E-state index is -0.853. The van der Waals surface area contributed by atoms with E-state index in [1.54, 1.807) is 0 Å². The molecule has 1 saturated heterocycles. The number of unbranched alkanes of at least 4 members (excludes halogenated alkanes) is 1. The van der Waals surface area contributed by atoms with Gasteiger partial charge in [0.25, 0.3) is 0 Å². The summed E-state index contributed by atoms with van der Waals surface area (Å²) in [5, 5.41) is 11.2. The minimum Gasteiger partial charge on any atom is -0.445 e. The highest BCUT2D eigenvalue weighted by Gasteiger charge is 2.36. The molecule has 8 heteroatoms. The molecule has 1 fully saturated rings. The fraction of sp³-hybridized carbons (Fsp3) is 0.474. The van der Waals surface area contributed by atoms with Crippen molar-refractivity contribution < 1.29 is 19.1 Å². The van der Waals surface area contributed by atoms with Crippen LogP contribution in [0, 0.1) is 11.3 Å². The van der Waals surface area contributed by atoms with Crippen molar-refractivity contribution in [1.29, 1.82) is 5.26 Å². The van der Waals surface area contributed by atoms with E-state index >= 15 is 0 Å². The first-order valence-electron chi connectivity index (χ1n) is 8.97. The number of nitrogens with zero attached hydrogens (tertiary/aromatic N) is 2. The standard InChI is InChI=1S/C19H24N4O4/c20-11-5-4-9-15(17(21)24)22-18(25)16-10-6-12-23(16)19(26)27-13-14-7-2-1-3-8-14/h1-3,7-8,15-16H,4-6,9-10,12-13H2,(H2,21,24)(H,22,25)/t15-,16-/m1/s1. The summed E-state index contributed by atoms with van der Waals surface area (Å²) >= 11 is 0. The Bertz CT molecular complexity index is 701. The number of carbonyl (C=O) groups excluding carboxylic acids is 3. The summed E-state index contributed by atoms with van der Waals surface area (Å²) in [4.78, 5) is 37.8. The van der Waals surface area contributed by atoms with E-state index in [1.807, 2.05) is 36.4 Å². The molecule has 1 aromatic rings. The van der Waals surface area contributed by atoms with Crippen LogP contribution in [0.15, 0.2) is 30.3 Å². The van der Waals surface area contributed by atoms with Crippen LogP contribution in [0.25, 0.3) is 0 Å². The molecule has 0 aliphatic carbocycles. The van der Waals surface area contributed by atoms with Crippen molar-refractivity contribution in [3.05, 3.63) is 35.9 Å². The van der Waals surface area contributed by atoms with E-state index in [0.29, 0.717) is 32.2 Å². The Morgan fingerprint density at radius 2 is 2.07 bits per heavy atom. The molecular weight excluding hydrogens is 348 g/mol. The molecule has 0 radical (unpaired) electrons. The average molecular weight is 372 g/mol. The number of amides is 3. The molecule has 2 rings (SSSR count). The number of benzene rings is 1. The fourth-order valence-electron chi connectivity index (χ4n) is 3.00. The molecule has 27 heavy (non-hydrogen) atoms. The van der Waals surface area contributed by atoms with Crippen LogP contribution in [0.4, 0.5) is 4.79 Å². The second kappa shape index (κ2) is 10.2. The maximum Gasteiger partial charge on any atom is 0.410 e. The number of nitrogens with one attached hydrogen (secondary N) is 1. The molecule has 0 spiro atoms. The van der Waals surface area contributed by atoms with Crippen LogP contribution >= 0.6 is 0 Å². The molecule has 3 N–H and O–H groups in total. The quantitative estimate of drug-likeness (QED) is 0.668. The molecule has 1 aromatic carbocycles. The third kappa shape index (κ3) is 5.99. The molecule has 0 bridgehead atoms. The smallest absolute Gasteiger partial charge is 0.410 e. The highest BCUT2D eigenvalue weighted by atomic mass is 16.6. The van der Waals surface area contributed by atoms with Gasteiger partial charge in [0.1, 0.15) is 18.7 Å². The molecule has 2 atom stereocenters. The molecule has 144 valence electrons. The molecule has 8 nitrogen and oxygen atoms in total. The molecule has 0 saturated carbocycles. The predicted octanol–water partition coefficient (Wildman–Crippen LogP) is 1.45. The van der Waals surface area contributed by atoms with E-state index in [-0.39, 0.29) is 13.0 Å². The van der Waals surface area contributed by atoms with E-state index in [9.17, 15) is 14.4 Å². The van der Waals surface area contributed by atoms with Crippen molar-refractivity contribution in [2.75, 3.05) is 6.54 Å². The normalized spacial score (nSPS) is 17.0. The van der Waals surface area contributed by atoms with Crippen LogP contribution in [0.5, 0.6) is 0 Å². The van der Waals surface area contributed by atoms with Gasteiger partial charge < -0.3 is 15.8 Å². The zero-order valence-electron chi connectivity index (χ0n) is 15.1. The van der Waals surface area contributed by atoms with Crippen LogP contribution in [0.1, 0.15) is 37.7 Å². The predicted molar refractivity (Wildman–Crippen MR) is 96.9 cm³/mol. The van der Waals surface area contributed by atoms with Gasteiger partial charge in [-0.2, -0.15) is 5.26 Å².